The van der Waals surface area contributed by atoms with E-state index in [9.17, 15) is 16.8 Å². The first-order valence-electron chi connectivity index (χ1n) is 7.59. The Morgan fingerprint density at radius 2 is 1.79 bits per heavy atom. The van der Waals surface area contributed by atoms with Crippen LogP contribution in [0.3, 0.4) is 0 Å². The van der Waals surface area contributed by atoms with Gasteiger partial charge in [-0.1, -0.05) is 26.8 Å². The van der Waals surface area contributed by atoms with E-state index in [1.807, 2.05) is 13.8 Å². The SMILES string of the molecule is CCS(=O)(=O)c1cccc(S(=O)(=O)N2CCC(N)C(C)(C)C2)c1.Cl. The molecule has 1 heterocycles. The number of sulfone groups is 1. The highest BCUT2D eigenvalue weighted by Gasteiger charge is 2.39. The van der Waals surface area contributed by atoms with Gasteiger partial charge in [-0.2, -0.15) is 4.31 Å². The molecule has 2 rings (SSSR count). The van der Waals surface area contributed by atoms with Gasteiger partial charge in [-0.3, -0.25) is 0 Å². The van der Waals surface area contributed by atoms with Crippen molar-refractivity contribution in [3.05, 3.63) is 24.3 Å². The monoisotopic (exact) mass is 396 g/mol. The average Bonchev–Trinajstić information content (AvgIpc) is 2.50. The van der Waals surface area contributed by atoms with Crippen molar-refractivity contribution in [1.82, 2.24) is 4.31 Å². The van der Waals surface area contributed by atoms with Crippen LogP contribution in [0.15, 0.2) is 34.1 Å². The first-order valence-corrected chi connectivity index (χ1v) is 10.7. The summed E-state index contributed by atoms with van der Waals surface area (Å²) in [4.78, 5) is 0.0485. The van der Waals surface area contributed by atoms with E-state index in [0.717, 1.165) is 0 Å². The summed E-state index contributed by atoms with van der Waals surface area (Å²) in [6, 6.07) is 5.52. The van der Waals surface area contributed by atoms with Crippen LogP contribution in [0, 0.1) is 5.41 Å². The number of nitrogens with two attached hydrogens (primary N) is 1. The second-order valence-corrected chi connectivity index (χ2v) is 10.8. The Morgan fingerprint density at radius 3 is 2.33 bits per heavy atom. The number of sulfonamides is 1. The van der Waals surface area contributed by atoms with Gasteiger partial charge in [-0.15, -0.1) is 12.4 Å². The van der Waals surface area contributed by atoms with Crippen molar-refractivity contribution in [3.63, 3.8) is 0 Å². The second kappa shape index (κ2) is 7.29. The molecule has 1 aliphatic rings. The molecular weight excluding hydrogens is 372 g/mol. The highest BCUT2D eigenvalue weighted by molar-refractivity contribution is 7.91. The van der Waals surface area contributed by atoms with Crippen molar-refractivity contribution in [1.29, 1.82) is 0 Å². The molecule has 0 radical (unpaired) electrons. The zero-order chi connectivity index (χ0) is 17.5. The largest absolute Gasteiger partial charge is 0.327 e. The standard InChI is InChI=1S/C15H24N2O4S2.ClH/c1-4-22(18,19)12-6-5-7-13(10-12)23(20,21)17-9-8-14(16)15(2,3)11-17;/h5-7,10,14H,4,8-9,11,16H2,1-3H3;1H. The molecule has 138 valence electrons. The number of hydrogen-bond donors (Lipinski definition) is 1. The van der Waals surface area contributed by atoms with Gasteiger partial charge in [0.15, 0.2) is 9.84 Å². The Labute approximate surface area is 150 Å². The van der Waals surface area contributed by atoms with Crippen LogP contribution >= 0.6 is 12.4 Å². The molecule has 0 saturated carbocycles. The van der Waals surface area contributed by atoms with Crippen molar-refractivity contribution in [2.45, 2.75) is 43.0 Å². The first kappa shape index (κ1) is 21.4. The molecule has 24 heavy (non-hydrogen) atoms. The highest BCUT2D eigenvalue weighted by atomic mass is 35.5. The third-order valence-corrected chi connectivity index (χ3v) is 8.03. The molecule has 1 saturated heterocycles. The molecule has 1 aromatic carbocycles. The smallest absolute Gasteiger partial charge is 0.243 e. The minimum Gasteiger partial charge on any atom is -0.327 e. The summed E-state index contributed by atoms with van der Waals surface area (Å²) >= 11 is 0. The molecule has 2 N–H and O–H groups in total. The molecule has 0 spiro atoms. The average molecular weight is 397 g/mol. The fraction of sp³-hybridized carbons (Fsp3) is 0.600. The van der Waals surface area contributed by atoms with Gasteiger partial charge in [0, 0.05) is 19.1 Å². The van der Waals surface area contributed by atoms with E-state index in [1.54, 1.807) is 0 Å². The van der Waals surface area contributed by atoms with E-state index < -0.39 is 19.9 Å². The van der Waals surface area contributed by atoms with Crippen LogP contribution in [0.2, 0.25) is 0 Å². The normalized spacial score (nSPS) is 21.9. The molecule has 0 bridgehead atoms. The molecule has 0 aromatic heterocycles. The van der Waals surface area contributed by atoms with Crippen LogP contribution in [-0.2, 0) is 19.9 Å². The van der Waals surface area contributed by atoms with Crippen molar-refractivity contribution in [2.75, 3.05) is 18.8 Å². The first-order chi connectivity index (χ1) is 10.5. The summed E-state index contributed by atoms with van der Waals surface area (Å²) in [5, 5.41) is 0. The number of benzene rings is 1. The van der Waals surface area contributed by atoms with Gasteiger partial charge in [0.05, 0.1) is 15.5 Å². The van der Waals surface area contributed by atoms with Gasteiger partial charge in [0.25, 0.3) is 0 Å². The number of hydrogen-bond acceptors (Lipinski definition) is 5. The van der Waals surface area contributed by atoms with Gasteiger partial charge >= 0.3 is 0 Å². The van der Waals surface area contributed by atoms with Gasteiger partial charge in [-0.05, 0) is 30.0 Å². The number of halogens is 1. The molecule has 9 heteroatoms. The fourth-order valence-corrected chi connectivity index (χ4v) is 5.35. The number of piperidine rings is 1. The number of nitrogens with zero attached hydrogens (tertiary/aromatic N) is 1. The van der Waals surface area contributed by atoms with Crippen molar-refractivity contribution in [2.24, 2.45) is 11.1 Å². The molecular formula is C15H25ClN2O4S2. The minimum absolute atomic E-state index is 0. The third-order valence-electron chi connectivity index (χ3n) is 4.46. The van der Waals surface area contributed by atoms with Gasteiger partial charge < -0.3 is 5.73 Å². The van der Waals surface area contributed by atoms with E-state index in [0.29, 0.717) is 19.5 Å². The van der Waals surface area contributed by atoms with Crippen molar-refractivity contribution >= 4 is 32.3 Å². The van der Waals surface area contributed by atoms with Crippen molar-refractivity contribution in [3.8, 4) is 0 Å². The Bertz CT molecular complexity index is 791. The number of rotatable bonds is 4. The zero-order valence-corrected chi connectivity index (χ0v) is 16.5. The van der Waals surface area contributed by atoms with Gasteiger partial charge in [0.2, 0.25) is 10.0 Å². The van der Waals surface area contributed by atoms with Crippen LogP contribution < -0.4 is 5.73 Å². The Morgan fingerprint density at radius 1 is 1.21 bits per heavy atom. The van der Waals surface area contributed by atoms with Crippen LogP contribution in [0.1, 0.15) is 27.2 Å². The predicted molar refractivity (Wildman–Crippen MR) is 96.5 cm³/mol. The van der Waals surface area contributed by atoms with Crippen LogP contribution in [-0.4, -0.2) is 46.0 Å². The van der Waals surface area contributed by atoms with Crippen molar-refractivity contribution < 1.29 is 16.8 Å². The molecule has 6 nitrogen and oxygen atoms in total. The quantitative estimate of drug-likeness (QED) is 0.834. The Hall–Kier alpha value is -0.670. The highest BCUT2D eigenvalue weighted by Crippen LogP contribution is 2.31. The van der Waals surface area contributed by atoms with Gasteiger partial charge in [-0.25, -0.2) is 16.8 Å². The van der Waals surface area contributed by atoms with Crippen LogP contribution in [0.5, 0.6) is 0 Å². The second-order valence-electron chi connectivity index (χ2n) is 6.60. The van der Waals surface area contributed by atoms with E-state index in [2.05, 4.69) is 0 Å². The van der Waals surface area contributed by atoms with Gasteiger partial charge in [0.1, 0.15) is 0 Å². The maximum atomic E-state index is 12.8. The summed E-state index contributed by atoms with van der Waals surface area (Å²) in [7, 11) is -7.18. The molecule has 1 fully saturated rings. The zero-order valence-electron chi connectivity index (χ0n) is 14.1. The summed E-state index contributed by atoms with van der Waals surface area (Å²) in [6.07, 6.45) is 0.583. The fourth-order valence-electron chi connectivity index (χ4n) is 2.67. The lowest BCUT2D eigenvalue weighted by molar-refractivity contribution is 0.155. The lowest BCUT2D eigenvalue weighted by atomic mass is 9.81. The topological polar surface area (TPSA) is 97.5 Å². The van der Waals surface area contributed by atoms with Crippen LogP contribution in [0.25, 0.3) is 0 Å². The Balaban J connectivity index is 0.00000288. The van der Waals surface area contributed by atoms with E-state index in [-0.39, 0.29) is 39.4 Å². The third kappa shape index (κ3) is 4.11. The van der Waals surface area contributed by atoms with E-state index in [1.165, 1.54) is 35.5 Å². The molecule has 1 aromatic rings. The lowest BCUT2D eigenvalue weighted by Gasteiger charge is -2.41. The van der Waals surface area contributed by atoms with Crippen LogP contribution in [0.4, 0.5) is 0 Å². The summed E-state index contributed by atoms with van der Waals surface area (Å²) in [6.45, 7) is 6.08. The van der Waals surface area contributed by atoms with E-state index in [4.69, 9.17) is 5.73 Å². The molecule has 1 unspecified atom stereocenters. The predicted octanol–water partition coefficient (Wildman–Crippen LogP) is 1.65. The maximum absolute atomic E-state index is 12.8. The maximum Gasteiger partial charge on any atom is 0.243 e. The molecule has 1 aliphatic heterocycles. The van der Waals surface area contributed by atoms with E-state index >= 15 is 0 Å². The molecule has 0 amide bonds. The molecule has 0 aliphatic carbocycles. The lowest BCUT2D eigenvalue weighted by Crippen LogP contribution is -2.53. The molecule has 1 atom stereocenters. The minimum atomic E-state index is -3.73. The summed E-state index contributed by atoms with van der Waals surface area (Å²) < 4.78 is 51.0. The summed E-state index contributed by atoms with van der Waals surface area (Å²) in [5.41, 5.74) is 5.73. The Kier molecular flexibility index (Phi) is 6.49. The summed E-state index contributed by atoms with van der Waals surface area (Å²) in [5.74, 6) is -0.0674.